The molecule has 0 saturated heterocycles. The summed E-state index contributed by atoms with van der Waals surface area (Å²) < 4.78 is 18.4. The van der Waals surface area contributed by atoms with Crippen molar-refractivity contribution < 1.29 is 9.13 Å². The van der Waals surface area contributed by atoms with E-state index in [9.17, 15) is 4.39 Å². The van der Waals surface area contributed by atoms with Gasteiger partial charge < -0.3 is 10.5 Å². The highest BCUT2D eigenvalue weighted by molar-refractivity contribution is 5.45. The lowest BCUT2D eigenvalue weighted by atomic mass is 9.99. The van der Waals surface area contributed by atoms with E-state index in [4.69, 9.17) is 15.7 Å². The van der Waals surface area contributed by atoms with Crippen LogP contribution in [-0.2, 0) is 0 Å². The Morgan fingerprint density at radius 1 is 1.57 bits per heavy atom. The third-order valence-electron chi connectivity index (χ3n) is 2.31. The molecule has 1 aromatic carbocycles. The van der Waals surface area contributed by atoms with Crippen molar-refractivity contribution in [3.63, 3.8) is 0 Å². The maximum atomic E-state index is 13.2. The normalized spacial score (nSPS) is 19.4. The topological polar surface area (TPSA) is 59.0 Å². The van der Waals surface area contributed by atoms with Gasteiger partial charge >= 0.3 is 0 Å². The van der Waals surface area contributed by atoms with E-state index in [0.717, 1.165) is 0 Å². The Labute approximate surface area is 80.9 Å². The van der Waals surface area contributed by atoms with Gasteiger partial charge in [-0.05, 0) is 6.07 Å². The third-order valence-corrected chi connectivity index (χ3v) is 2.31. The number of hydrogen-bond donors (Lipinski definition) is 1. The van der Waals surface area contributed by atoms with E-state index in [1.54, 1.807) is 6.07 Å². The summed E-state index contributed by atoms with van der Waals surface area (Å²) in [7, 11) is 0. The fourth-order valence-corrected chi connectivity index (χ4v) is 1.52. The summed E-state index contributed by atoms with van der Waals surface area (Å²) in [5.41, 5.74) is 6.54. The lowest BCUT2D eigenvalue weighted by molar-refractivity contribution is 0.267. The van der Waals surface area contributed by atoms with Gasteiger partial charge in [0.15, 0.2) is 0 Å². The first-order chi connectivity index (χ1) is 6.72. The molecule has 1 unspecified atom stereocenters. The molecule has 0 fully saturated rings. The van der Waals surface area contributed by atoms with Crippen LogP contribution in [0.4, 0.5) is 4.39 Å². The van der Waals surface area contributed by atoms with E-state index in [1.807, 2.05) is 0 Å². The molecule has 0 bridgehead atoms. The summed E-state index contributed by atoms with van der Waals surface area (Å²) in [5.74, 6) is -0.0967. The Morgan fingerprint density at radius 3 is 3.07 bits per heavy atom. The van der Waals surface area contributed by atoms with Gasteiger partial charge in [0.1, 0.15) is 17.6 Å². The van der Waals surface area contributed by atoms with Crippen molar-refractivity contribution in [1.82, 2.24) is 0 Å². The highest BCUT2D eigenvalue weighted by Crippen LogP contribution is 2.32. The molecule has 0 aliphatic carbocycles. The first kappa shape index (κ1) is 8.97. The highest BCUT2D eigenvalue weighted by atomic mass is 19.1. The van der Waals surface area contributed by atoms with Crippen LogP contribution in [0.25, 0.3) is 0 Å². The van der Waals surface area contributed by atoms with Crippen LogP contribution in [0.1, 0.15) is 23.6 Å². The number of halogens is 1. The predicted octanol–water partition coefficient (Wildman–Crippen LogP) is 1.48. The van der Waals surface area contributed by atoms with Gasteiger partial charge in [-0.25, -0.2) is 4.39 Å². The molecule has 1 aromatic rings. The van der Waals surface area contributed by atoms with Gasteiger partial charge in [0.2, 0.25) is 0 Å². The Kier molecular flexibility index (Phi) is 2.10. The van der Waals surface area contributed by atoms with Gasteiger partial charge in [0, 0.05) is 24.1 Å². The first-order valence-electron chi connectivity index (χ1n) is 4.34. The molecule has 1 aliphatic rings. The number of ether oxygens (including phenoxy) is 1. The van der Waals surface area contributed by atoms with Crippen LogP contribution in [0.2, 0.25) is 0 Å². The second-order valence-corrected chi connectivity index (χ2v) is 3.23. The van der Waals surface area contributed by atoms with Crippen LogP contribution in [0.5, 0.6) is 5.75 Å². The molecule has 72 valence electrons. The standard InChI is InChI=1S/C10H9FN2O/c11-8-4-10-7(3-6(8)5-12)9(13)1-2-14-10/h3-4,9H,1-2,13H2. The minimum atomic E-state index is -0.555. The molecule has 2 N–H and O–H groups in total. The molecular weight excluding hydrogens is 183 g/mol. The summed E-state index contributed by atoms with van der Waals surface area (Å²) in [6, 6.07) is 4.31. The summed E-state index contributed by atoms with van der Waals surface area (Å²) in [6.45, 7) is 0.500. The van der Waals surface area contributed by atoms with Crippen molar-refractivity contribution in [2.24, 2.45) is 5.73 Å². The minimum absolute atomic E-state index is 0.0182. The lowest BCUT2D eigenvalue weighted by Crippen LogP contribution is -2.20. The molecule has 14 heavy (non-hydrogen) atoms. The summed E-state index contributed by atoms with van der Waals surface area (Å²) in [5, 5.41) is 8.63. The minimum Gasteiger partial charge on any atom is -0.493 e. The van der Waals surface area contributed by atoms with Crippen molar-refractivity contribution in [1.29, 1.82) is 5.26 Å². The Balaban J connectivity index is 2.56. The number of fused-ring (bicyclic) bond motifs is 1. The average Bonchev–Trinajstić information content (AvgIpc) is 2.17. The molecule has 3 nitrogen and oxygen atoms in total. The van der Waals surface area contributed by atoms with Crippen LogP contribution in [0.3, 0.4) is 0 Å². The van der Waals surface area contributed by atoms with Crippen LogP contribution >= 0.6 is 0 Å². The van der Waals surface area contributed by atoms with Gasteiger partial charge in [-0.1, -0.05) is 0 Å². The van der Waals surface area contributed by atoms with Gasteiger partial charge in [0.25, 0.3) is 0 Å². The van der Waals surface area contributed by atoms with Gasteiger partial charge in [-0.3, -0.25) is 0 Å². The van der Waals surface area contributed by atoms with Crippen molar-refractivity contribution in [2.75, 3.05) is 6.61 Å². The largest absolute Gasteiger partial charge is 0.493 e. The number of rotatable bonds is 0. The van der Waals surface area contributed by atoms with Crippen molar-refractivity contribution in [3.8, 4) is 11.8 Å². The van der Waals surface area contributed by atoms with Gasteiger partial charge in [-0.2, -0.15) is 5.26 Å². The van der Waals surface area contributed by atoms with Gasteiger partial charge in [0.05, 0.1) is 12.2 Å². The zero-order valence-electron chi connectivity index (χ0n) is 7.46. The number of hydrogen-bond acceptors (Lipinski definition) is 3. The summed E-state index contributed by atoms with van der Waals surface area (Å²) >= 11 is 0. The molecule has 0 aromatic heterocycles. The van der Waals surface area contributed by atoms with Crippen molar-refractivity contribution >= 4 is 0 Å². The summed E-state index contributed by atoms with van der Waals surface area (Å²) in [4.78, 5) is 0. The van der Waals surface area contributed by atoms with Crippen molar-refractivity contribution in [2.45, 2.75) is 12.5 Å². The first-order valence-corrected chi connectivity index (χ1v) is 4.34. The molecule has 0 amide bonds. The van der Waals surface area contributed by atoms with E-state index in [1.165, 1.54) is 12.1 Å². The molecule has 0 radical (unpaired) electrons. The number of nitrogens with zero attached hydrogens (tertiary/aromatic N) is 1. The molecule has 4 heteroatoms. The van der Waals surface area contributed by atoms with E-state index in [2.05, 4.69) is 0 Å². The zero-order valence-corrected chi connectivity index (χ0v) is 7.46. The number of nitriles is 1. The molecule has 2 rings (SSSR count). The molecule has 1 heterocycles. The quantitative estimate of drug-likeness (QED) is 0.677. The van der Waals surface area contributed by atoms with E-state index in [-0.39, 0.29) is 11.6 Å². The Bertz CT molecular complexity index is 411. The maximum absolute atomic E-state index is 13.2. The van der Waals surface area contributed by atoms with E-state index in [0.29, 0.717) is 24.3 Å². The van der Waals surface area contributed by atoms with Crippen LogP contribution in [0.15, 0.2) is 12.1 Å². The smallest absolute Gasteiger partial charge is 0.144 e. The monoisotopic (exact) mass is 192 g/mol. The van der Waals surface area contributed by atoms with Crippen LogP contribution < -0.4 is 10.5 Å². The van der Waals surface area contributed by atoms with Gasteiger partial charge in [-0.15, -0.1) is 0 Å². The molecule has 0 spiro atoms. The van der Waals surface area contributed by atoms with E-state index < -0.39 is 5.82 Å². The van der Waals surface area contributed by atoms with Crippen molar-refractivity contribution in [3.05, 3.63) is 29.1 Å². The fourth-order valence-electron chi connectivity index (χ4n) is 1.52. The second-order valence-electron chi connectivity index (χ2n) is 3.23. The van der Waals surface area contributed by atoms with Crippen LogP contribution in [-0.4, -0.2) is 6.61 Å². The Morgan fingerprint density at radius 2 is 2.36 bits per heavy atom. The lowest BCUT2D eigenvalue weighted by Gasteiger charge is -2.22. The Hall–Kier alpha value is -1.60. The van der Waals surface area contributed by atoms with E-state index >= 15 is 0 Å². The number of benzene rings is 1. The molecule has 1 atom stereocenters. The molecule has 0 saturated carbocycles. The summed E-state index contributed by atoms with van der Waals surface area (Å²) in [6.07, 6.45) is 0.698. The fraction of sp³-hybridized carbons (Fsp3) is 0.300. The zero-order chi connectivity index (χ0) is 10.1. The number of nitrogens with two attached hydrogens (primary N) is 1. The maximum Gasteiger partial charge on any atom is 0.144 e. The third kappa shape index (κ3) is 1.32. The second kappa shape index (κ2) is 3.28. The SMILES string of the molecule is N#Cc1cc2c(cc1F)OCCC2N. The average molecular weight is 192 g/mol. The molecule has 1 aliphatic heterocycles. The molecular formula is C10H9FN2O. The highest BCUT2D eigenvalue weighted by Gasteiger charge is 2.20. The predicted molar refractivity (Wildman–Crippen MR) is 48.2 cm³/mol. The van der Waals surface area contributed by atoms with Crippen LogP contribution in [0, 0.1) is 17.1 Å².